The molecule has 2 aliphatic rings. The van der Waals surface area contributed by atoms with Crippen molar-refractivity contribution >= 4 is 29.1 Å². The van der Waals surface area contributed by atoms with Crippen LogP contribution in [0.5, 0.6) is 0 Å². The van der Waals surface area contributed by atoms with Gasteiger partial charge in [0, 0.05) is 5.92 Å². The first-order valence-corrected chi connectivity index (χ1v) is 6.17. The van der Waals surface area contributed by atoms with Crippen LogP contribution in [0.25, 0.3) is 0 Å². The van der Waals surface area contributed by atoms with Crippen molar-refractivity contribution in [2.24, 2.45) is 11.8 Å². The molecule has 1 atom stereocenters. The molecular weight excluding hydrogens is 268 g/mol. The highest BCUT2D eigenvalue weighted by Gasteiger charge is 2.51. The van der Waals surface area contributed by atoms with Gasteiger partial charge in [0.05, 0.1) is 6.61 Å². The number of Topliss-reactive ketones (excluding diaryl/α,β-unsaturated/α-hetero) is 4. The first-order chi connectivity index (χ1) is 9.40. The maximum Gasteiger partial charge on any atom is 0.325 e. The molecule has 0 spiro atoms. The second-order valence-electron chi connectivity index (χ2n) is 4.60. The van der Waals surface area contributed by atoms with E-state index in [0.717, 1.165) is 0 Å². The van der Waals surface area contributed by atoms with Crippen molar-refractivity contribution in [2.75, 3.05) is 6.61 Å². The van der Waals surface area contributed by atoms with Gasteiger partial charge in [0.25, 0.3) is 5.78 Å². The zero-order chi connectivity index (χ0) is 15.0. The minimum atomic E-state index is -1.98. The van der Waals surface area contributed by atoms with Gasteiger partial charge in [-0.2, -0.15) is 0 Å². The molecule has 2 rings (SSSR count). The molecule has 0 amide bonds. The quantitative estimate of drug-likeness (QED) is 0.324. The molecule has 0 bridgehead atoms. The predicted octanol–water partition coefficient (Wildman–Crippen LogP) is -0.322. The standard InChI is InChI=1S/C13H12O7/c1-2-20-13(19)7-9(15)6(8(14)5-3-4-5)10(16)12(18)11(7)17/h5,7,16H,2-4H2,1H3. The van der Waals surface area contributed by atoms with Gasteiger partial charge < -0.3 is 9.84 Å². The Hall–Kier alpha value is -2.31. The molecule has 1 unspecified atom stereocenters. The fraction of sp³-hybridized carbons (Fsp3) is 0.462. The number of allylic oxidation sites excluding steroid dienone is 2. The van der Waals surface area contributed by atoms with Crippen molar-refractivity contribution in [3.8, 4) is 0 Å². The zero-order valence-corrected chi connectivity index (χ0v) is 10.7. The average Bonchev–Trinajstić information content (AvgIpc) is 3.21. The molecule has 1 saturated carbocycles. The van der Waals surface area contributed by atoms with E-state index in [1.807, 2.05) is 0 Å². The maximum atomic E-state index is 12.1. The number of carbonyl (C=O) groups excluding carboxylic acids is 5. The number of ketones is 4. The van der Waals surface area contributed by atoms with Crippen LogP contribution in [0.15, 0.2) is 11.3 Å². The lowest BCUT2D eigenvalue weighted by molar-refractivity contribution is -0.157. The summed E-state index contributed by atoms with van der Waals surface area (Å²) in [7, 11) is 0. The third-order valence-corrected chi connectivity index (χ3v) is 3.16. The minimum Gasteiger partial charge on any atom is -0.503 e. The summed E-state index contributed by atoms with van der Waals surface area (Å²) in [6.07, 6.45) is 1.10. The van der Waals surface area contributed by atoms with E-state index in [0.29, 0.717) is 12.8 Å². The lowest BCUT2D eigenvalue weighted by Crippen LogP contribution is -2.45. The van der Waals surface area contributed by atoms with E-state index in [-0.39, 0.29) is 6.61 Å². The molecule has 20 heavy (non-hydrogen) atoms. The number of ether oxygens (including phenoxy) is 1. The average molecular weight is 280 g/mol. The Bertz CT molecular complexity index is 565. The second kappa shape index (κ2) is 4.99. The van der Waals surface area contributed by atoms with Crippen molar-refractivity contribution in [3.63, 3.8) is 0 Å². The largest absolute Gasteiger partial charge is 0.503 e. The predicted molar refractivity (Wildman–Crippen MR) is 62.5 cm³/mol. The van der Waals surface area contributed by atoms with E-state index in [1.165, 1.54) is 6.92 Å². The van der Waals surface area contributed by atoms with Crippen LogP contribution in [0, 0.1) is 11.8 Å². The maximum absolute atomic E-state index is 12.1. The van der Waals surface area contributed by atoms with E-state index < -0.39 is 52.3 Å². The van der Waals surface area contributed by atoms with Crippen LogP contribution in [-0.4, -0.2) is 40.8 Å². The monoisotopic (exact) mass is 280 g/mol. The molecule has 7 heteroatoms. The molecule has 0 radical (unpaired) electrons. The molecule has 0 aromatic heterocycles. The van der Waals surface area contributed by atoms with Gasteiger partial charge in [0.2, 0.25) is 5.78 Å². The van der Waals surface area contributed by atoms with Gasteiger partial charge in [-0.05, 0) is 19.8 Å². The Morgan fingerprint density at radius 2 is 1.80 bits per heavy atom. The van der Waals surface area contributed by atoms with Crippen LogP contribution in [0.1, 0.15) is 19.8 Å². The molecule has 0 saturated heterocycles. The third-order valence-electron chi connectivity index (χ3n) is 3.16. The zero-order valence-electron chi connectivity index (χ0n) is 10.7. The fourth-order valence-corrected chi connectivity index (χ4v) is 1.97. The van der Waals surface area contributed by atoms with Crippen molar-refractivity contribution < 1.29 is 33.8 Å². The summed E-state index contributed by atoms with van der Waals surface area (Å²) in [5.74, 6) is -9.34. The lowest BCUT2D eigenvalue weighted by atomic mass is 9.82. The molecule has 2 aliphatic carbocycles. The molecule has 0 aromatic rings. The lowest BCUT2D eigenvalue weighted by Gasteiger charge is -2.19. The van der Waals surface area contributed by atoms with Crippen molar-refractivity contribution in [2.45, 2.75) is 19.8 Å². The molecule has 1 fully saturated rings. The van der Waals surface area contributed by atoms with Gasteiger partial charge in [-0.15, -0.1) is 0 Å². The number of esters is 1. The number of hydrogen-bond donors (Lipinski definition) is 1. The summed E-state index contributed by atoms with van der Waals surface area (Å²) in [6.45, 7) is 1.40. The Morgan fingerprint density at radius 3 is 2.30 bits per heavy atom. The summed E-state index contributed by atoms with van der Waals surface area (Å²) in [6, 6.07) is 0. The van der Waals surface area contributed by atoms with Gasteiger partial charge >= 0.3 is 5.97 Å². The van der Waals surface area contributed by atoms with E-state index >= 15 is 0 Å². The molecule has 7 nitrogen and oxygen atoms in total. The van der Waals surface area contributed by atoms with E-state index in [2.05, 4.69) is 4.74 Å². The highest BCUT2D eigenvalue weighted by atomic mass is 16.5. The van der Waals surface area contributed by atoms with Gasteiger partial charge in [-0.1, -0.05) is 0 Å². The van der Waals surface area contributed by atoms with Gasteiger partial charge in [-0.3, -0.25) is 24.0 Å². The summed E-state index contributed by atoms with van der Waals surface area (Å²) >= 11 is 0. The molecular formula is C13H12O7. The smallest absolute Gasteiger partial charge is 0.325 e. The van der Waals surface area contributed by atoms with Gasteiger partial charge in [0.15, 0.2) is 23.2 Å². The summed E-state index contributed by atoms with van der Waals surface area (Å²) in [4.78, 5) is 58.8. The summed E-state index contributed by atoms with van der Waals surface area (Å²) in [5, 5.41) is 9.57. The Labute approximate surface area is 113 Å². The second-order valence-corrected chi connectivity index (χ2v) is 4.60. The van der Waals surface area contributed by atoms with Crippen molar-refractivity contribution in [1.82, 2.24) is 0 Å². The summed E-state index contributed by atoms with van der Waals surface area (Å²) < 4.78 is 4.56. The topological polar surface area (TPSA) is 115 Å². The third kappa shape index (κ3) is 2.15. The fourth-order valence-electron chi connectivity index (χ4n) is 1.97. The molecule has 0 aromatic carbocycles. The van der Waals surface area contributed by atoms with Crippen LogP contribution >= 0.6 is 0 Å². The Balaban J connectivity index is 2.42. The first kappa shape index (κ1) is 14.1. The molecule has 0 aliphatic heterocycles. The van der Waals surface area contributed by atoms with E-state index in [4.69, 9.17) is 0 Å². The van der Waals surface area contributed by atoms with E-state index in [1.54, 1.807) is 0 Å². The summed E-state index contributed by atoms with van der Waals surface area (Å²) in [5.41, 5.74) is -0.741. The van der Waals surface area contributed by atoms with Crippen LogP contribution in [0.3, 0.4) is 0 Å². The van der Waals surface area contributed by atoms with Crippen LogP contribution in [0.4, 0.5) is 0 Å². The van der Waals surface area contributed by atoms with Gasteiger partial charge in [0.1, 0.15) is 5.57 Å². The molecule has 106 valence electrons. The molecule has 0 heterocycles. The highest BCUT2D eigenvalue weighted by molar-refractivity contribution is 6.56. The molecule has 1 N–H and O–H groups in total. The number of aliphatic hydroxyl groups excluding tert-OH is 1. The van der Waals surface area contributed by atoms with Gasteiger partial charge in [-0.25, -0.2) is 0 Å². The van der Waals surface area contributed by atoms with Crippen LogP contribution in [-0.2, 0) is 28.7 Å². The number of rotatable bonds is 4. The van der Waals surface area contributed by atoms with Crippen LogP contribution in [0.2, 0.25) is 0 Å². The van der Waals surface area contributed by atoms with Crippen molar-refractivity contribution in [1.29, 1.82) is 0 Å². The number of aliphatic hydroxyl groups is 1. The minimum absolute atomic E-state index is 0.0777. The normalized spacial score (nSPS) is 23.1. The Kier molecular flexibility index (Phi) is 3.52. The van der Waals surface area contributed by atoms with E-state index in [9.17, 15) is 29.1 Å². The first-order valence-electron chi connectivity index (χ1n) is 6.17. The van der Waals surface area contributed by atoms with Crippen molar-refractivity contribution in [3.05, 3.63) is 11.3 Å². The highest BCUT2D eigenvalue weighted by Crippen LogP contribution is 2.35. The number of hydrogen-bond acceptors (Lipinski definition) is 7. The Morgan fingerprint density at radius 1 is 1.20 bits per heavy atom. The number of carbonyl (C=O) groups is 5. The van der Waals surface area contributed by atoms with Crippen LogP contribution < -0.4 is 0 Å². The SMILES string of the molecule is CCOC(=O)C1C(=O)C(=O)C(O)=C(C(=O)C2CC2)C1=O.